The van der Waals surface area contributed by atoms with Crippen LogP contribution in [0.5, 0.6) is 11.5 Å². The number of carbonyl (C=O) groups excluding carboxylic acids is 1. The van der Waals surface area contributed by atoms with E-state index in [-0.39, 0.29) is 11.7 Å². The number of carbonyl (C=O) groups is 1. The van der Waals surface area contributed by atoms with Gasteiger partial charge in [-0.3, -0.25) is 4.79 Å². The lowest BCUT2D eigenvalue weighted by molar-refractivity contribution is -0.113. The highest BCUT2D eigenvalue weighted by molar-refractivity contribution is 7.99. The lowest BCUT2D eigenvalue weighted by Gasteiger charge is -2.13. The van der Waals surface area contributed by atoms with Crippen molar-refractivity contribution in [2.24, 2.45) is 0 Å². The van der Waals surface area contributed by atoms with Gasteiger partial charge in [-0.15, -0.1) is 10.2 Å². The first kappa shape index (κ1) is 21.0. The SMILES string of the molecule is CCOc1ccc(OCC)c(NC(=O)CSc2nnc(-c3ccc(Cl)cc3)o2)c1. The molecule has 9 heteroatoms. The van der Waals surface area contributed by atoms with Crippen molar-refractivity contribution in [1.29, 1.82) is 0 Å². The van der Waals surface area contributed by atoms with E-state index in [1.807, 2.05) is 13.8 Å². The topological polar surface area (TPSA) is 86.5 Å². The van der Waals surface area contributed by atoms with E-state index in [4.69, 9.17) is 25.5 Å². The van der Waals surface area contributed by atoms with Crippen molar-refractivity contribution >= 4 is 35.0 Å². The largest absolute Gasteiger partial charge is 0.494 e. The molecule has 152 valence electrons. The van der Waals surface area contributed by atoms with E-state index in [2.05, 4.69) is 15.5 Å². The Balaban J connectivity index is 1.61. The average molecular weight is 434 g/mol. The highest BCUT2D eigenvalue weighted by Crippen LogP contribution is 2.30. The summed E-state index contributed by atoms with van der Waals surface area (Å²) in [4.78, 5) is 12.4. The molecular formula is C20H20ClN3O4S. The molecule has 1 N–H and O–H groups in total. The van der Waals surface area contributed by atoms with Gasteiger partial charge in [0.2, 0.25) is 11.8 Å². The number of halogens is 1. The second-order valence-electron chi connectivity index (χ2n) is 5.74. The van der Waals surface area contributed by atoms with Crippen LogP contribution in [0.3, 0.4) is 0 Å². The van der Waals surface area contributed by atoms with Gasteiger partial charge in [0.05, 0.1) is 24.7 Å². The molecule has 0 saturated carbocycles. The summed E-state index contributed by atoms with van der Waals surface area (Å²) in [6, 6.07) is 12.4. The first-order valence-electron chi connectivity index (χ1n) is 9.00. The van der Waals surface area contributed by atoms with E-state index < -0.39 is 0 Å². The van der Waals surface area contributed by atoms with E-state index in [9.17, 15) is 4.79 Å². The quantitative estimate of drug-likeness (QED) is 0.479. The fourth-order valence-electron chi connectivity index (χ4n) is 2.44. The summed E-state index contributed by atoms with van der Waals surface area (Å²) in [5, 5.41) is 11.7. The van der Waals surface area contributed by atoms with Crippen LogP contribution in [-0.4, -0.2) is 35.1 Å². The highest BCUT2D eigenvalue weighted by Gasteiger charge is 2.14. The molecule has 0 aliphatic rings. The molecule has 3 rings (SSSR count). The fraction of sp³-hybridized carbons (Fsp3) is 0.250. The molecule has 0 bridgehead atoms. The third-order valence-electron chi connectivity index (χ3n) is 3.66. The minimum Gasteiger partial charge on any atom is -0.494 e. The number of nitrogens with zero attached hydrogens (tertiary/aromatic N) is 2. The first-order valence-corrected chi connectivity index (χ1v) is 10.4. The Morgan fingerprint density at radius 2 is 1.86 bits per heavy atom. The molecule has 0 aliphatic heterocycles. The fourth-order valence-corrected chi connectivity index (χ4v) is 3.12. The van der Waals surface area contributed by atoms with Crippen molar-refractivity contribution in [1.82, 2.24) is 10.2 Å². The molecule has 0 fully saturated rings. The number of nitrogens with one attached hydrogen (secondary N) is 1. The number of ether oxygens (including phenoxy) is 2. The molecule has 0 aliphatic carbocycles. The summed E-state index contributed by atoms with van der Waals surface area (Å²) in [5.41, 5.74) is 1.31. The second kappa shape index (κ2) is 10.2. The van der Waals surface area contributed by atoms with Crippen LogP contribution in [0, 0.1) is 0 Å². The van der Waals surface area contributed by atoms with Gasteiger partial charge < -0.3 is 19.2 Å². The van der Waals surface area contributed by atoms with Crippen LogP contribution in [0.15, 0.2) is 52.1 Å². The van der Waals surface area contributed by atoms with Crippen molar-refractivity contribution in [2.45, 2.75) is 19.1 Å². The van der Waals surface area contributed by atoms with Crippen molar-refractivity contribution in [3.63, 3.8) is 0 Å². The van der Waals surface area contributed by atoms with Gasteiger partial charge in [-0.2, -0.15) is 0 Å². The minimum absolute atomic E-state index is 0.104. The Labute approximate surface area is 177 Å². The molecule has 2 aromatic carbocycles. The standard InChI is InChI=1S/C20H20ClN3O4S/c1-3-26-15-9-10-17(27-4-2)16(11-15)22-18(25)12-29-20-24-23-19(28-20)13-5-7-14(21)8-6-13/h5-11H,3-4,12H2,1-2H3,(H,22,25). The summed E-state index contributed by atoms with van der Waals surface area (Å²) >= 11 is 7.03. The molecule has 0 unspecified atom stereocenters. The molecule has 0 radical (unpaired) electrons. The third-order valence-corrected chi connectivity index (χ3v) is 4.73. The molecule has 0 atom stereocenters. The number of thioether (sulfide) groups is 1. The Morgan fingerprint density at radius 3 is 2.59 bits per heavy atom. The van der Waals surface area contributed by atoms with Crippen molar-refractivity contribution < 1.29 is 18.7 Å². The van der Waals surface area contributed by atoms with Gasteiger partial charge in [-0.05, 0) is 50.2 Å². The van der Waals surface area contributed by atoms with Gasteiger partial charge in [0.1, 0.15) is 11.5 Å². The van der Waals surface area contributed by atoms with Gasteiger partial charge in [0, 0.05) is 16.7 Å². The van der Waals surface area contributed by atoms with Crippen LogP contribution in [0.1, 0.15) is 13.8 Å². The van der Waals surface area contributed by atoms with Gasteiger partial charge in [-0.1, -0.05) is 23.4 Å². The number of benzene rings is 2. The minimum atomic E-state index is -0.226. The maximum atomic E-state index is 12.4. The average Bonchev–Trinajstić information content (AvgIpc) is 3.18. The van der Waals surface area contributed by atoms with Gasteiger partial charge in [0.15, 0.2) is 0 Å². The number of hydrogen-bond acceptors (Lipinski definition) is 7. The monoisotopic (exact) mass is 433 g/mol. The van der Waals surface area contributed by atoms with Crippen LogP contribution >= 0.6 is 23.4 Å². The van der Waals surface area contributed by atoms with E-state index in [1.165, 1.54) is 0 Å². The molecule has 3 aromatic rings. The molecule has 0 saturated heterocycles. The maximum absolute atomic E-state index is 12.4. The van der Waals surface area contributed by atoms with Crippen LogP contribution in [-0.2, 0) is 4.79 Å². The Hall–Kier alpha value is -2.71. The molecule has 1 aromatic heterocycles. The number of rotatable bonds is 9. The Bertz CT molecular complexity index is 963. The van der Waals surface area contributed by atoms with E-state index >= 15 is 0 Å². The molecule has 29 heavy (non-hydrogen) atoms. The zero-order valence-electron chi connectivity index (χ0n) is 16.0. The normalized spacial score (nSPS) is 10.6. The van der Waals surface area contributed by atoms with Crippen LogP contribution < -0.4 is 14.8 Å². The van der Waals surface area contributed by atoms with Gasteiger partial charge in [-0.25, -0.2) is 0 Å². The number of anilines is 1. The van der Waals surface area contributed by atoms with E-state index in [0.717, 1.165) is 17.3 Å². The van der Waals surface area contributed by atoms with Crippen molar-refractivity contribution in [3.8, 4) is 23.0 Å². The van der Waals surface area contributed by atoms with Crippen molar-refractivity contribution in [3.05, 3.63) is 47.5 Å². The predicted molar refractivity (Wildman–Crippen MR) is 113 cm³/mol. The van der Waals surface area contributed by atoms with Gasteiger partial charge >= 0.3 is 0 Å². The Morgan fingerprint density at radius 1 is 1.10 bits per heavy atom. The molecule has 0 spiro atoms. The highest BCUT2D eigenvalue weighted by atomic mass is 35.5. The molecule has 1 amide bonds. The lowest BCUT2D eigenvalue weighted by atomic mass is 10.2. The van der Waals surface area contributed by atoms with Crippen LogP contribution in [0.4, 0.5) is 5.69 Å². The summed E-state index contributed by atoms with van der Waals surface area (Å²) in [5.74, 6) is 1.48. The maximum Gasteiger partial charge on any atom is 0.277 e. The number of aromatic nitrogens is 2. The summed E-state index contributed by atoms with van der Waals surface area (Å²) in [6.45, 7) is 4.80. The zero-order valence-corrected chi connectivity index (χ0v) is 17.5. The van der Waals surface area contributed by atoms with Crippen LogP contribution in [0.2, 0.25) is 5.02 Å². The predicted octanol–water partition coefficient (Wildman–Crippen LogP) is 4.92. The summed E-state index contributed by atoms with van der Waals surface area (Å²) in [7, 11) is 0. The second-order valence-corrected chi connectivity index (χ2v) is 7.10. The van der Waals surface area contributed by atoms with Crippen molar-refractivity contribution in [2.75, 3.05) is 24.3 Å². The lowest BCUT2D eigenvalue weighted by Crippen LogP contribution is -2.15. The Kier molecular flexibility index (Phi) is 7.37. The van der Waals surface area contributed by atoms with E-state index in [1.54, 1.807) is 42.5 Å². The van der Waals surface area contributed by atoms with E-state index in [0.29, 0.717) is 46.5 Å². The third kappa shape index (κ3) is 5.88. The smallest absolute Gasteiger partial charge is 0.277 e. The first-order chi connectivity index (χ1) is 14.1. The zero-order chi connectivity index (χ0) is 20.6. The van der Waals surface area contributed by atoms with Crippen LogP contribution in [0.25, 0.3) is 11.5 Å². The molecule has 1 heterocycles. The number of amides is 1. The summed E-state index contributed by atoms with van der Waals surface area (Å²) in [6.07, 6.45) is 0. The number of hydrogen-bond donors (Lipinski definition) is 1. The molecule has 7 nitrogen and oxygen atoms in total. The molecular weight excluding hydrogens is 414 g/mol. The van der Waals surface area contributed by atoms with Gasteiger partial charge in [0.25, 0.3) is 5.22 Å². The summed E-state index contributed by atoms with van der Waals surface area (Å²) < 4.78 is 16.7.